The van der Waals surface area contributed by atoms with Crippen LogP contribution in [0.2, 0.25) is 0 Å². The molecule has 262 valence electrons. The Labute approximate surface area is 294 Å². The van der Waals surface area contributed by atoms with Crippen molar-refractivity contribution < 1.29 is 38.4 Å². The summed E-state index contributed by atoms with van der Waals surface area (Å²) in [5.41, 5.74) is 3.02. The molecule has 1 atom stereocenters. The van der Waals surface area contributed by atoms with E-state index in [4.69, 9.17) is 35.3 Å². The maximum absolute atomic E-state index is 13.8. The van der Waals surface area contributed by atoms with Crippen LogP contribution in [-0.2, 0) is 18.9 Å². The maximum atomic E-state index is 13.8. The minimum Gasteiger partial charge on any atom is -0.507 e. The van der Waals surface area contributed by atoms with Crippen LogP contribution in [-0.4, -0.2) is 99.3 Å². The summed E-state index contributed by atoms with van der Waals surface area (Å²) in [6.07, 6.45) is 1.57. The van der Waals surface area contributed by atoms with Crippen LogP contribution in [0.5, 0.6) is 11.5 Å². The van der Waals surface area contributed by atoms with Crippen molar-refractivity contribution >= 4 is 56.6 Å². The highest BCUT2D eigenvalue weighted by Gasteiger charge is 2.35. The normalized spacial score (nSPS) is 14.0. The lowest BCUT2D eigenvalue weighted by molar-refractivity contribution is 0.000164. The summed E-state index contributed by atoms with van der Waals surface area (Å²) in [6, 6.07) is 19.4. The first-order valence-corrected chi connectivity index (χ1v) is 16.9. The number of fused-ring (bicyclic) bond motifs is 4. The number of nitrogens with one attached hydrogen (secondary N) is 2. The van der Waals surface area contributed by atoms with Crippen LogP contribution in [0.15, 0.2) is 72.9 Å². The zero-order chi connectivity index (χ0) is 34.9. The second-order valence-corrected chi connectivity index (χ2v) is 11.9. The van der Waals surface area contributed by atoms with Gasteiger partial charge in [0.15, 0.2) is 0 Å². The number of rotatable bonds is 17. The van der Waals surface area contributed by atoms with Gasteiger partial charge in [0, 0.05) is 47.9 Å². The van der Waals surface area contributed by atoms with Gasteiger partial charge in [0.05, 0.1) is 63.6 Å². The Bertz CT molecular complexity index is 1930. The van der Waals surface area contributed by atoms with Gasteiger partial charge in [-0.3, -0.25) is 9.59 Å². The molecule has 3 aromatic carbocycles. The van der Waals surface area contributed by atoms with E-state index in [9.17, 15) is 14.7 Å². The quantitative estimate of drug-likeness (QED) is 0.0817. The summed E-state index contributed by atoms with van der Waals surface area (Å²) >= 11 is 6.36. The second-order valence-electron chi connectivity index (χ2n) is 11.6. The van der Waals surface area contributed by atoms with Gasteiger partial charge in [-0.2, -0.15) is 0 Å². The number of hydrogen-bond donors (Lipinski definition) is 3. The van der Waals surface area contributed by atoms with Crippen LogP contribution in [0.4, 0.5) is 11.5 Å². The zero-order valence-corrected chi connectivity index (χ0v) is 28.4. The number of ether oxygens (including phenoxy) is 5. The van der Waals surface area contributed by atoms with E-state index < -0.39 is 0 Å². The predicted octanol–water partition coefficient (Wildman–Crippen LogP) is 5.73. The average Bonchev–Trinajstić information content (AvgIpc) is 3.73. The fraction of sp³-hybridized carbons (Fsp3) is 0.324. The zero-order valence-electron chi connectivity index (χ0n) is 27.7. The van der Waals surface area contributed by atoms with Crippen molar-refractivity contribution in [1.82, 2.24) is 9.97 Å². The van der Waals surface area contributed by atoms with Crippen LogP contribution in [0.3, 0.4) is 0 Å². The largest absolute Gasteiger partial charge is 0.507 e. The first-order valence-electron chi connectivity index (χ1n) is 16.3. The molecule has 50 heavy (non-hydrogen) atoms. The van der Waals surface area contributed by atoms with Gasteiger partial charge in [0.25, 0.3) is 11.8 Å². The summed E-state index contributed by atoms with van der Waals surface area (Å²) in [5, 5.41) is 15.9. The monoisotopic (exact) mass is 702 g/mol. The Kier molecular flexibility index (Phi) is 11.8. The van der Waals surface area contributed by atoms with Crippen LogP contribution in [0.25, 0.3) is 21.7 Å². The molecule has 0 radical (unpaired) electrons. The minimum absolute atomic E-state index is 0.0812. The fourth-order valence-electron chi connectivity index (χ4n) is 5.90. The highest BCUT2D eigenvalue weighted by Crippen LogP contribution is 2.45. The Morgan fingerprint density at radius 1 is 0.920 bits per heavy atom. The molecule has 12 nitrogen and oxygen atoms in total. The molecule has 5 aromatic rings. The number of carbonyl (C=O) groups excluding carboxylic acids is 2. The van der Waals surface area contributed by atoms with Crippen molar-refractivity contribution in [2.75, 3.05) is 82.6 Å². The van der Waals surface area contributed by atoms with Crippen molar-refractivity contribution in [2.24, 2.45) is 0 Å². The van der Waals surface area contributed by atoms with Gasteiger partial charge in [-0.05, 0) is 47.3 Å². The molecule has 3 heterocycles. The Hall–Kier alpha value is -4.72. The van der Waals surface area contributed by atoms with Gasteiger partial charge in [-0.25, -0.2) is 4.98 Å². The van der Waals surface area contributed by atoms with Gasteiger partial charge in [-0.1, -0.05) is 24.3 Å². The summed E-state index contributed by atoms with van der Waals surface area (Å²) in [4.78, 5) is 35.9. The molecule has 3 N–H and O–H groups in total. The number of methoxy groups -OCH3 is 1. The molecule has 2 aromatic heterocycles. The lowest BCUT2D eigenvalue weighted by Gasteiger charge is -2.17. The number of pyridine rings is 1. The molecule has 6 rings (SSSR count). The highest BCUT2D eigenvalue weighted by atomic mass is 35.5. The number of H-pyrrole nitrogens is 1. The van der Waals surface area contributed by atoms with Gasteiger partial charge < -0.3 is 44.0 Å². The summed E-state index contributed by atoms with van der Waals surface area (Å²) < 4.78 is 26.9. The molecule has 0 spiro atoms. The van der Waals surface area contributed by atoms with Gasteiger partial charge in [0.2, 0.25) is 0 Å². The Balaban J connectivity index is 1.00. The number of nitrogens with zero attached hydrogens (tertiary/aromatic N) is 2. The van der Waals surface area contributed by atoms with E-state index in [1.165, 1.54) is 0 Å². The Morgan fingerprint density at radius 3 is 2.30 bits per heavy atom. The number of amides is 2. The number of phenols is 1. The molecule has 0 aliphatic carbocycles. The standard InChI is InChI=1S/C37H39ClN4O8/c1-46-10-11-47-12-13-48-14-15-49-16-17-50-27-8-6-24(7-9-27)36(44)41-34-19-25-18-30(40-31(25)22-39-34)37(45)42-23-26(21-38)35-29-5-3-2-4-28(29)33(43)20-32(35)42/h2-9,18-20,22,26,40,43H,10-17,21,23H2,1H3,(H,39,41,44)/t26-/m1/s1. The van der Waals surface area contributed by atoms with Gasteiger partial charge >= 0.3 is 0 Å². The molecular formula is C37H39ClN4O8. The number of benzene rings is 3. The van der Waals surface area contributed by atoms with Crippen LogP contribution >= 0.6 is 11.6 Å². The molecule has 0 fully saturated rings. The van der Waals surface area contributed by atoms with E-state index in [-0.39, 0.29) is 23.5 Å². The fourth-order valence-corrected chi connectivity index (χ4v) is 6.15. The third-order valence-corrected chi connectivity index (χ3v) is 8.71. The van der Waals surface area contributed by atoms with E-state index >= 15 is 0 Å². The predicted molar refractivity (Wildman–Crippen MR) is 191 cm³/mol. The number of aromatic amines is 1. The molecule has 0 saturated carbocycles. The van der Waals surface area contributed by atoms with Crippen LogP contribution < -0.4 is 15.0 Å². The highest BCUT2D eigenvalue weighted by molar-refractivity contribution is 6.19. The van der Waals surface area contributed by atoms with E-state index in [2.05, 4.69) is 15.3 Å². The minimum atomic E-state index is -0.338. The average molecular weight is 703 g/mol. The number of aromatic hydroxyl groups is 1. The lowest BCUT2D eigenvalue weighted by atomic mass is 9.95. The summed E-state index contributed by atoms with van der Waals surface area (Å²) in [5.74, 6) is 0.715. The number of aromatic nitrogens is 2. The first-order chi connectivity index (χ1) is 24.5. The Morgan fingerprint density at radius 2 is 1.60 bits per heavy atom. The van der Waals surface area contributed by atoms with Gasteiger partial charge in [0.1, 0.15) is 29.6 Å². The van der Waals surface area contributed by atoms with Crippen molar-refractivity contribution in [3.63, 3.8) is 0 Å². The number of hydrogen-bond acceptors (Lipinski definition) is 9. The molecule has 1 aliphatic heterocycles. The van der Waals surface area contributed by atoms with Crippen LogP contribution in [0.1, 0.15) is 32.3 Å². The van der Waals surface area contributed by atoms with Crippen molar-refractivity contribution in [3.8, 4) is 11.5 Å². The molecule has 0 bridgehead atoms. The number of carbonyl (C=O) groups is 2. The lowest BCUT2D eigenvalue weighted by Crippen LogP contribution is -2.30. The topological polar surface area (TPSA) is 144 Å². The number of alkyl halides is 1. The molecule has 2 amide bonds. The van der Waals surface area contributed by atoms with E-state index in [1.807, 2.05) is 24.3 Å². The van der Waals surface area contributed by atoms with Crippen molar-refractivity contribution in [1.29, 1.82) is 0 Å². The molecule has 0 unspecified atom stereocenters. The molecular weight excluding hydrogens is 664 g/mol. The number of halogens is 1. The van der Waals surface area contributed by atoms with Crippen molar-refractivity contribution in [2.45, 2.75) is 5.92 Å². The second kappa shape index (κ2) is 16.8. The summed E-state index contributed by atoms with van der Waals surface area (Å²) in [7, 11) is 1.63. The van der Waals surface area contributed by atoms with Crippen LogP contribution in [0, 0.1) is 0 Å². The smallest absolute Gasteiger partial charge is 0.274 e. The van der Waals surface area contributed by atoms with E-state index in [0.29, 0.717) is 105 Å². The molecule has 0 saturated heterocycles. The van der Waals surface area contributed by atoms with Crippen molar-refractivity contribution in [3.05, 3.63) is 89.7 Å². The molecule has 1 aliphatic rings. The molecule has 13 heteroatoms. The van der Waals surface area contributed by atoms with E-state index in [0.717, 1.165) is 16.3 Å². The van der Waals surface area contributed by atoms with E-state index in [1.54, 1.807) is 60.7 Å². The summed E-state index contributed by atoms with van der Waals surface area (Å²) in [6.45, 7) is 4.18. The SMILES string of the molecule is COCCOCCOCCOCCOc1ccc(C(=O)Nc2cc3cc(C(=O)N4C[C@@H](CCl)c5c4cc(O)c4ccccc54)[nH]c3cn2)cc1. The number of anilines is 2. The third-order valence-electron chi connectivity index (χ3n) is 8.34. The van der Waals surface area contributed by atoms with Gasteiger partial charge in [-0.15, -0.1) is 11.6 Å². The number of phenolic OH excluding ortho intramolecular Hbond substituents is 1. The first kappa shape index (κ1) is 35.1. The third kappa shape index (κ3) is 8.18. The maximum Gasteiger partial charge on any atom is 0.274 e.